The largest absolute Gasteiger partial charge is 0.493 e. The van der Waals surface area contributed by atoms with Crippen LogP contribution in [0.25, 0.3) is 0 Å². The first kappa shape index (κ1) is 13.9. The van der Waals surface area contributed by atoms with Crippen molar-refractivity contribution in [1.82, 2.24) is 0 Å². The molecule has 0 aromatic heterocycles. The summed E-state index contributed by atoms with van der Waals surface area (Å²) in [4.78, 5) is 0. The molecule has 0 unspecified atom stereocenters. The van der Waals surface area contributed by atoms with Crippen molar-refractivity contribution in [3.05, 3.63) is 29.6 Å². The molecule has 1 rings (SSSR count). The molecule has 0 fully saturated rings. The third kappa shape index (κ3) is 4.71. The lowest BCUT2D eigenvalue weighted by atomic mass is 10.1. The Morgan fingerprint density at radius 1 is 1.47 bits per heavy atom. The van der Waals surface area contributed by atoms with Crippen LogP contribution >= 0.6 is 0 Å². The molecule has 1 aromatic carbocycles. The number of halogens is 1. The van der Waals surface area contributed by atoms with E-state index in [4.69, 9.17) is 10.5 Å². The summed E-state index contributed by atoms with van der Waals surface area (Å²) in [6.07, 6.45) is 0.474. The Labute approximate surface area is 101 Å². The van der Waals surface area contributed by atoms with E-state index in [9.17, 15) is 9.50 Å². The maximum Gasteiger partial charge on any atom is 0.126 e. The number of rotatable bonds is 5. The van der Waals surface area contributed by atoms with Crippen LogP contribution < -0.4 is 10.5 Å². The Morgan fingerprint density at radius 3 is 2.65 bits per heavy atom. The molecule has 0 radical (unpaired) electrons. The van der Waals surface area contributed by atoms with Gasteiger partial charge in [-0.05, 0) is 26.8 Å². The van der Waals surface area contributed by atoms with Crippen LogP contribution in [0.3, 0.4) is 0 Å². The minimum absolute atomic E-state index is 0.215. The van der Waals surface area contributed by atoms with Gasteiger partial charge in [0.1, 0.15) is 11.6 Å². The van der Waals surface area contributed by atoms with Crippen molar-refractivity contribution in [3.8, 4) is 5.75 Å². The van der Waals surface area contributed by atoms with Crippen molar-refractivity contribution in [3.63, 3.8) is 0 Å². The van der Waals surface area contributed by atoms with Crippen LogP contribution in [0.15, 0.2) is 18.2 Å². The predicted octanol–water partition coefficient (Wildman–Crippen LogP) is 2.39. The topological polar surface area (TPSA) is 55.5 Å². The number of nitrogens with two attached hydrogens (primary N) is 1. The maximum absolute atomic E-state index is 13.1. The zero-order valence-electron chi connectivity index (χ0n) is 10.5. The maximum atomic E-state index is 13.1. The quantitative estimate of drug-likeness (QED) is 0.832. The van der Waals surface area contributed by atoms with Crippen molar-refractivity contribution >= 4 is 0 Å². The molecule has 3 nitrogen and oxygen atoms in total. The van der Waals surface area contributed by atoms with Crippen LogP contribution in [-0.4, -0.2) is 17.3 Å². The molecule has 3 N–H and O–H groups in total. The fourth-order valence-corrected chi connectivity index (χ4v) is 1.42. The number of aliphatic hydroxyl groups is 1. The van der Waals surface area contributed by atoms with Gasteiger partial charge in [-0.2, -0.15) is 0 Å². The highest BCUT2D eigenvalue weighted by Crippen LogP contribution is 2.25. The lowest BCUT2D eigenvalue weighted by molar-refractivity contribution is 0.0551. The molecule has 4 heteroatoms. The monoisotopic (exact) mass is 241 g/mol. The van der Waals surface area contributed by atoms with E-state index in [-0.39, 0.29) is 11.9 Å². The van der Waals surface area contributed by atoms with Crippen molar-refractivity contribution in [2.75, 3.05) is 6.61 Å². The molecule has 0 saturated heterocycles. The smallest absolute Gasteiger partial charge is 0.126 e. The second-order valence-corrected chi connectivity index (χ2v) is 4.88. The zero-order valence-corrected chi connectivity index (χ0v) is 10.5. The molecule has 1 aromatic rings. The first-order chi connectivity index (χ1) is 7.79. The van der Waals surface area contributed by atoms with Crippen molar-refractivity contribution in [1.29, 1.82) is 0 Å². The van der Waals surface area contributed by atoms with E-state index in [1.165, 1.54) is 12.1 Å². The van der Waals surface area contributed by atoms with E-state index in [0.717, 1.165) is 5.56 Å². The van der Waals surface area contributed by atoms with Gasteiger partial charge in [0.05, 0.1) is 12.2 Å². The van der Waals surface area contributed by atoms with E-state index in [1.54, 1.807) is 19.9 Å². The van der Waals surface area contributed by atoms with E-state index in [0.29, 0.717) is 18.8 Å². The van der Waals surface area contributed by atoms with Crippen LogP contribution in [-0.2, 0) is 0 Å². The molecule has 0 aliphatic carbocycles. The Kier molecular flexibility index (Phi) is 4.48. The van der Waals surface area contributed by atoms with Crippen molar-refractivity contribution in [2.24, 2.45) is 5.73 Å². The summed E-state index contributed by atoms with van der Waals surface area (Å²) in [6.45, 7) is 5.55. The van der Waals surface area contributed by atoms with Crippen molar-refractivity contribution < 1.29 is 14.2 Å². The Morgan fingerprint density at radius 2 is 2.12 bits per heavy atom. The van der Waals surface area contributed by atoms with Gasteiger partial charge in [0.2, 0.25) is 0 Å². The lowest BCUT2D eigenvalue weighted by Crippen LogP contribution is -2.22. The predicted molar refractivity (Wildman–Crippen MR) is 65.4 cm³/mol. The summed E-state index contributed by atoms with van der Waals surface area (Å²) >= 11 is 0. The van der Waals surface area contributed by atoms with Crippen LogP contribution in [0, 0.1) is 5.82 Å². The molecule has 0 spiro atoms. The van der Waals surface area contributed by atoms with Crippen molar-refractivity contribution in [2.45, 2.75) is 38.8 Å². The molecule has 0 heterocycles. The van der Waals surface area contributed by atoms with Gasteiger partial charge in [0.25, 0.3) is 0 Å². The molecular formula is C13H20FNO2. The van der Waals surface area contributed by atoms with E-state index in [1.807, 2.05) is 6.92 Å². The van der Waals surface area contributed by atoms with Crippen LogP contribution in [0.5, 0.6) is 5.75 Å². The molecule has 96 valence electrons. The second-order valence-electron chi connectivity index (χ2n) is 4.88. The summed E-state index contributed by atoms with van der Waals surface area (Å²) < 4.78 is 18.6. The number of ether oxygens (including phenoxy) is 1. The summed E-state index contributed by atoms with van der Waals surface area (Å²) in [5.74, 6) is 0.0944. The van der Waals surface area contributed by atoms with Gasteiger partial charge in [0, 0.05) is 24.1 Å². The summed E-state index contributed by atoms with van der Waals surface area (Å²) in [7, 11) is 0. The van der Waals surface area contributed by atoms with Gasteiger partial charge in [-0.1, -0.05) is 6.07 Å². The molecule has 0 aliphatic rings. The summed E-state index contributed by atoms with van der Waals surface area (Å²) in [6, 6.07) is 4.09. The van der Waals surface area contributed by atoms with Crippen LogP contribution in [0.1, 0.15) is 38.8 Å². The fourth-order valence-electron chi connectivity index (χ4n) is 1.42. The normalized spacial score (nSPS) is 13.5. The summed E-state index contributed by atoms with van der Waals surface area (Å²) in [5.41, 5.74) is 5.75. The van der Waals surface area contributed by atoms with Gasteiger partial charge < -0.3 is 15.6 Å². The Hall–Kier alpha value is -1.13. The van der Waals surface area contributed by atoms with E-state index < -0.39 is 5.60 Å². The Bertz CT molecular complexity index is 372. The standard InChI is InChI=1S/C13H20FNO2/c1-9(15)11-5-4-10(14)8-12(11)17-7-6-13(2,3)16/h4-5,8-9,16H,6-7,15H2,1-3H3/t9-/m0/s1. The minimum atomic E-state index is -0.790. The van der Waals surface area contributed by atoms with Crippen LogP contribution in [0.4, 0.5) is 4.39 Å². The van der Waals surface area contributed by atoms with E-state index in [2.05, 4.69) is 0 Å². The molecule has 0 amide bonds. The Balaban J connectivity index is 2.72. The average Bonchev–Trinajstić information content (AvgIpc) is 2.15. The fraction of sp³-hybridized carbons (Fsp3) is 0.538. The van der Waals surface area contributed by atoms with Gasteiger partial charge >= 0.3 is 0 Å². The molecular weight excluding hydrogens is 221 g/mol. The lowest BCUT2D eigenvalue weighted by Gasteiger charge is -2.19. The highest BCUT2D eigenvalue weighted by Gasteiger charge is 2.14. The molecule has 0 bridgehead atoms. The molecule has 17 heavy (non-hydrogen) atoms. The average molecular weight is 241 g/mol. The third-order valence-electron chi connectivity index (χ3n) is 2.44. The molecule has 0 saturated carbocycles. The first-order valence-corrected chi connectivity index (χ1v) is 5.70. The minimum Gasteiger partial charge on any atom is -0.493 e. The highest BCUT2D eigenvalue weighted by molar-refractivity contribution is 5.36. The highest BCUT2D eigenvalue weighted by atomic mass is 19.1. The first-order valence-electron chi connectivity index (χ1n) is 5.70. The van der Waals surface area contributed by atoms with Gasteiger partial charge in [-0.3, -0.25) is 0 Å². The SMILES string of the molecule is C[C@H](N)c1ccc(F)cc1OCCC(C)(C)O. The van der Waals surface area contributed by atoms with Crippen LogP contribution in [0.2, 0.25) is 0 Å². The molecule has 1 atom stereocenters. The second kappa shape index (κ2) is 5.47. The van der Waals surface area contributed by atoms with E-state index >= 15 is 0 Å². The third-order valence-corrected chi connectivity index (χ3v) is 2.44. The van der Waals surface area contributed by atoms with Gasteiger partial charge in [-0.25, -0.2) is 4.39 Å². The number of hydrogen-bond acceptors (Lipinski definition) is 3. The summed E-state index contributed by atoms with van der Waals surface area (Å²) in [5, 5.41) is 9.55. The van der Waals surface area contributed by atoms with Gasteiger partial charge in [0.15, 0.2) is 0 Å². The van der Waals surface area contributed by atoms with Gasteiger partial charge in [-0.15, -0.1) is 0 Å². The molecule has 0 aliphatic heterocycles. The zero-order chi connectivity index (χ0) is 13.1. The number of benzene rings is 1. The number of hydrogen-bond donors (Lipinski definition) is 2.